The van der Waals surface area contributed by atoms with Crippen molar-refractivity contribution in [2.75, 3.05) is 5.32 Å². The monoisotopic (exact) mass is 337 g/mol. The molecule has 19 heavy (non-hydrogen) atoms. The fourth-order valence-corrected chi connectivity index (χ4v) is 2.27. The molecule has 2 aromatic rings. The van der Waals surface area contributed by atoms with E-state index in [2.05, 4.69) is 21.2 Å². The van der Waals surface area contributed by atoms with Crippen LogP contribution in [0.5, 0.6) is 0 Å². The Morgan fingerprint density at radius 3 is 2.53 bits per heavy atom. The summed E-state index contributed by atoms with van der Waals surface area (Å²) in [6.45, 7) is 1.91. The van der Waals surface area contributed by atoms with Crippen molar-refractivity contribution in [2.45, 2.75) is 12.8 Å². The highest BCUT2D eigenvalue weighted by Crippen LogP contribution is 2.20. The number of benzene rings is 2. The number of alkyl halides is 1. The first-order valence-corrected chi connectivity index (χ1v) is 7.16. The molecule has 2 rings (SSSR count). The molecule has 0 aromatic heterocycles. The van der Waals surface area contributed by atoms with Crippen molar-refractivity contribution >= 4 is 39.1 Å². The van der Waals surface area contributed by atoms with Crippen LogP contribution in [0.15, 0.2) is 46.9 Å². The zero-order valence-electron chi connectivity index (χ0n) is 10.4. The van der Waals surface area contributed by atoms with E-state index in [-0.39, 0.29) is 5.91 Å². The second kappa shape index (κ2) is 6.22. The van der Waals surface area contributed by atoms with Gasteiger partial charge in [-0.3, -0.25) is 4.79 Å². The molecule has 1 amide bonds. The predicted molar refractivity (Wildman–Crippen MR) is 82.8 cm³/mol. The maximum absolute atomic E-state index is 12.2. The van der Waals surface area contributed by atoms with Crippen LogP contribution in [0.3, 0.4) is 0 Å². The van der Waals surface area contributed by atoms with Gasteiger partial charge in [-0.1, -0.05) is 34.1 Å². The minimum atomic E-state index is -0.113. The molecule has 0 aliphatic heterocycles. The topological polar surface area (TPSA) is 29.1 Å². The van der Waals surface area contributed by atoms with E-state index in [1.807, 2.05) is 49.4 Å². The van der Waals surface area contributed by atoms with Gasteiger partial charge in [-0.05, 0) is 42.3 Å². The molecule has 0 fully saturated rings. The molecule has 2 nitrogen and oxygen atoms in total. The third-order valence-electron chi connectivity index (χ3n) is 2.88. The molecule has 4 heteroatoms. The molecular weight excluding hydrogens is 326 g/mol. The molecule has 0 unspecified atom stereocenters. The summed E-state index contributed by atoms with van der Waals surface area (Å²) < 4.78 is 0.928. The molecule has 0 saturated carbocycles. The molecule has 0 spiro atoms. The lowest BCUT2D eigenvalue weighted by molar-refractivity contribution is 0.102. The first kappa shape index (κ1) is 14.1. The number of anilines is 1. The Labute approximate surface area is 125 Å². The third-order valence-corrected chi connectivity index (χ3v) is 4.05. The number of halogens is 2. The lowest BCUT2D eigenvalue weighted by Gasteiger charge is -2.09. The van der Waals surface area contributed by atoms with Gasteiger partial charge < -0.3 is 5.32 Å². The Morgan fingerprint density at radius 2 is 1.89 bits per heavy atom. The Hall–Kier alpha value is -1.32. The Balaban J connectivity index is 2.18. The van der Waals surface area contributed by atoms with Crippen LogP contribution >= 0.6 is 27.5 Å². The largest absolute Gasteiger partial charge is 0.322 e. The summed E-state index contributed by atoms with van der Waals surface area (Å²) >= 11 is 9.15. The highest BCUT2D eigenvalue weighted by atomic mass is 79.9. The summed E-state index contributed by atoms with van der Waals surface area (Å²) in [7, 11) is 0. The second-order valence-electron chi connectivity index (χ2n) is 4.20. The van der Waals surface area contributed by atoms with Gasteiger partial charge in [0, 0.05) is 21.6 Å². The van der Waals surface area contributed by atoms with Crippen molar-refractivity contribution in [3.05, 3.63) is 63.6 Å². The number of carbonyl (C=O) groups is 1. The van der Waals surface area contributed by atoms with Gasteiger partial charge >= 0.3 is 0 Å². The van der Waals surface area contributed by atoms with Gasteiger partial charge in [0.15, 0.2) is 0 Å². The summed E-state index contributed by atoms with van der Waals surface area (Å²) in [4.78, 5) is 12.2. The molecule has 0 saturated heterocycles. The lowest BCUT2D eigenvalue weighted by atomic mass is 10.1. The predicted octanol–water partition coefficient (Wildman–Crippen LogP) is 4.75. The molecule has 1 N–H and O–H groups in total. The van der Waals surface area contributed by atoms with Crippen molar-refractivity contribution in [2.24, 2.45) is 0 Å². The van der Waals surface area contributed by atoms with E-state index in [1.165, 1.54) is 0 Å². The van der Waals surface area contributed by atoms with Crippen LogP contribution in [0.25, 0.3) is 0 Å². The number of hydrogen-bond acceptors (Lipinski definition) is 1. The molecule has 0 heterocycles. The zero-order chi connectivity index (χ0) is 13.8. The van der Waals surface area contributed by atoms with Crippen LogP contribution in [0, 0.1) is 6.92 Å². The minimum absolute atomic E-state index is 0.113. The summed E-state index contributed by atoms with van der Waals surface area (Å²) in [5, 5.41) is 2.87. The summed E-state index contributed by atoms with van der Waals surface area (Å²) in [5.41, 5.74) is 3.38. The van der Waals surface area contributed by atoms with Gasteiger partial charge in [-0.25, -0.2) is 0 Å². The normalized spacial score (nSPS) is 10.3. The highest BCUT2D eigenvalue weighted by molar-refractivity contribution is 9.10. The fraction of sp³-hybridized carbons (Fsp3) is 0.133. The van der Waals surface area contributed by atoms with Crippen molar-refractivity contribution in [1.29, 1.82) is 0 Å². The average Bonchev–Trinajstić information content (AvgIpc) is 2.42. The molecular formula is C15H13BrClNO. The maximum atomic E-state index is 12.2. The first-order chi connectivity index (χ1) is 9.11. The van der Waals surface area contributed by atoms with Crippen LogP contribution in [0.4, 0.5) is 5.69 Å². The van der Waals surface area contributed by atoms with E-state index >= 15 is 0 Å². The molecule has 0 aliphatic carbocycles. The number of rotatable bonds is 3. The number of carbonyl (C=O) groups excluding carboxylic acids is 1. The van der Waals surface area contributed by atoms with E-state index in [9.17, 15) is 4.79 Å². The summed E-state index contributed by atoms with van der Waals surface area (Å²) in [6, 6.07) is 13.1. The Kier molecular flexibility index (Phi) is 4.61. The van der Waals surface area contributed by atoms with E-state index in [1.54, 1.807) is 0 Å². The highest BCUT2D eigenvalue weighted by Gasteiger charge is 2.10. The quantitative estimate of drug-likeness (QED) is 0.804. The van der Waals surface area contributed by atoms with Crippen molar-refractivity contribution in [3.8, 4) is 0 Å². The third kappa shape index (κ3) is 3.37. The van der Waals surface area contributed by atoms with Gasteiger partial charge in [0.2, 0.25) is 0 Å². The van der Waals surface area contributed by atoms with E-state index in [4.69, 9.17) is 11.6 Å². The second-order valence-corrected chi connectivity index (χ2v) is 5.32. The molecule has 0 bridgehead atoms. The first-order valence-electron chi connectivity index (χ1n) is 5.83. The van der Waals surface area contributed by atoms with E-state index in [0.29, 0.717) is 11.4 Å². The number of amides is 1. The zero-order valence-corrected chi connectivity index (χ0v) is 12.8. The Morgan fingerprint density at radius 1 is 1.21 bits per heavy atom. The van der Waals surface area contributed by atoms with Crippen molar-refractivity contribution in [3.63, 3.8) is 0 Å². The van der Waals surface area contributed by atoms with Gasteiger partial charge in [0.05, 0.1) is 0 Å². The van der Waals surface area contributed by atoms with Crippen LogP contribution in [-0.4, -0.2) is 5.91 Å². The summed E-state index contributed by atoms with van der Waals surface area (Å²) in [5.74, 6) is 0.358. The molecule has 0 aliphatic rings. The molecule has 0 atom stereocenters. The smallest absolute Gasteiger partial charge is 0.255 e. The number of nitrogens with one attached hydrogen (secondary N) is 1. The average molecular weight is 339 g/mol. The van der Waals surface area contributed by atoms with Crippen LogP contribution in [0.1, 0.15) is 21.5 Å². The van der Waals surface area contributed by atoms with Crippen LogP contribution < -0.4 is 5.32 Å². The van der Waals surface area contributed by atoms with E-state index in [0.717, 1.165) is 21.3 Å². The van der Waals surface area contributed by atoms with E-state index < -0.39 is 0 Å². The van der Waals surface area contributed by atoms with Crippen LogP contribution in [-0.2, 0) is 5.88 Å². The minimum Gasteiger partial charge on any atom is -0.322 e. The standard InChI is InChI=1S/C15H13BrClNO/c1-10-13(3-2-4-14(10)16)15(19)18-12-7-5-11(9-17)6-8-12/h2-8H,9H2,1H3,(H,18,19). The van der Waals surface area contributed by atoms with Crippen LogP contribution in [0.2, 0.25) is 0 Å². The molecule has 0 radical (unpaired) electrons. The molecule has 98 valence electrons. The fourth-order valence-electron chi connectivity index (χ4n) is 1.73. The van der Waals surface area contributed by atoms with Gasteiger partial charge in [0.25, 0.3) is 5.91 Å². The van der Waals surface area contributed by atoms with Crippen molar-refractivity contribution in [1.82, 2.24) is 0 Å². The lowest BCUT2D eigenvalue weighted by Crippen LogP contribution is -2.13. The summed E-state index contributed by atoms with van der Waals surface area (Å²) in [6.07, 6.45) is 0. The van der Waals surface area contributed by atoms with Crippen molar-refractivity contribution < 1.29 is 4.79 Å². The number of hydrogen-bond donors (Lipinski definition) is 1. The van der Waals surface area contributed by atoms with Gasteiger partial charge in [-0.2, -0.15) is 0 Å². The Bertz CT molecular complexity index is 596. The molecule has 2 aromatic carbocycles. The van der Waals surface area contributed by atoms with Gasteiger partial charge in [0.1, 0.15) is 0 Å². The maximum Gasteiger partial charge on any atom is 0.255 e. The van der Waals surface area contributed by atoms with Gasteiger partial charge in [-0.15, -0.1) is 11.6 Å². The SMILES string of the molecule is Cc1c(Br)cccc1C(=O)Nc1ccc(CCl)cc1.